The maximum atomic E-state index is 10.8. The van der Waals surface area contributed by atoms with E-state index in [1.165, 1.54) is 6.92 Å². The summed E-state index contributed by atoms with van der Waals surface area (Å²) in [7, 11) is 0. The third-order valence-electron chi connectivity index (χ3n) is 1.42. The van der Waals surface area contributed by atoms with Gasteiger partial charge in [-0.05, 0) is 18.2 Å². The van der Waals surface area contributed by atoms with Gasteiger partial charge in [-0.1, -0.05) is 6.07 Å². The number of benzene rings is 1. The van der Waals surface area contributed by atoms with Crippen molar-refractivity contribution < 1.29 is 4.79 Å². The molecule has 5 N–H and O–H groups in total. The molecule has 0 heterocycles. The summed E-state index contributed by atoms with van der Waals surface area (Å²) in [6.07, 6.45) is 0. The first-order valence-electron chi connectivity index (χ1n) is 4.05. The molecule has 0 aromatic heterocycles. The van der Waals surface area contributed by atoms with Crippen LogP contribution < -0.4 is 16.8 Å². The lowest BCUT2D eigenvalue weighted by molar-refractivity contribution is -0.114. The smallest absolute Gasteiger partial charge is 0.221 e. The second kappa shape index (κ2) is 4.27. The first-order chi connectivity index (χ1) is 6.58. The summed E-state index contributed by atoms with van der Waals surface area (Å²) in [5, 5.41) is 2.63. The van der Waals surface area contributed by atoms with Crippen molar-refractivity contribution in [2.75, 3.05) is 5.32 Å². The molecule has 5 nitrogen and oxygen atoms in total. The minimum Gasteiger partial charge on any atom is -0.370 e. The molecule has 0 fully saturated rings. The molecule has 0 aliphatic rings. The minimum absolute atomic E-state index is 0.00928. The number of aliphatic imine (C=N–C) groups is 1. The van der Waals surface area contributed by atoms with Gasteiger partial charge < -0.3 is 16.8 Å². The molecule has 0 bridgehead atoms. The summed E-state index contributed by atoms with van der Waals surface area (Å²) in [6.45, 7) is 1.44. The Hall–Kier alpha value is -2.04. The lowest BCUT2D eigenvalue weighted by Crippen LogP contribution is -2.21. The van der Waals surface area contributed by atoms with Crippen LogP contribution in [0, 0.1) is 0 Å². The third kappa shape index (κ3) is 3.14. The topological polar surface area (TPSA) is 93.5 Å². The highest BCUT2D eigenvalue weighted by molar-refractivity contribution is 5.89. The monoisotopic (exact) mass is 192 g/mol. The zero-order valence-corrected chi connectivity index (χ0v) is 7.82. The molecule has 0 aliphatic carbocycles. The van der Waals surface area contributed by atoms with E-state index in [2.05, 4.69) is 10.3 Å². The Balaban J connectivity index is 2.89. The van der Waals surface area contributed by atoms with E-state index in [0.717, 1.165) is 0 Å². The Labute approximate surface area is 81.8 Å². The van der Waals surface area contributed by atoms with Gasteiger partial charge in [0.25, 0.3) is 0 Å². The van der Waals surface area contributed by atoms with Crippen molar-refractivity contribution in [3.8, 4) is 0 Å². The number of anilines is 1. The standard InChI is InChI=1S/C9H12N4O/c1-6(14)12-7-3-2-4-8(5-7)13-9(10)11/h2-5H,1H3,(H,12,14)(H4,10,11,13). The van der Waals surface area contributed by atoms with Crippen LogP contribution in [0.4, 0.5) is 11.4 Å². The molecule has 0 unspecified atom stereocenters. The lowest BCUT2D eigenvalue weighted by atomic mass is 10.3. The Morgan fingerprint density at radius 3 is 2.71 bits per heavy atom. The molecule has 5 heteroatoms. The zero-order chi connectivity index (χ0) is 10.6. The molecule has 1 aromatic carbocycles. The van der Waals surface area contributed by atoms with Crippen molar-refractivity contribution in [2.45, 2.75) is 6.92 Å². The summed E-state index contributed by atoms with van der Waals surface area (Å²) in [5.74, 6) is -0.142. The van der Waals surface area contributed by atoms with Crippen LogP contribution >= 0.6 is 0 Å². The van der Waals surface area contributed by atoms with Gasteiger partial charge in [-0.15, -0.1) is 0 Å². The lowest BCUT2D eigenvalue weighted by Gasteiger charge is -2.02. The summed E-state index contributed by atoms with van der Waals surface area (Å²) < 4.78 is 0. The quantitative estimate of drug-likeness (QED) is 0.471. The molecule has 0 radical (unpaired) electrons. The molecule has 1 rings (SSSR count). The number of rotatable bonds is 2. The highest BCUT2D eigenvalue weighted by Gasteiger charge is 1.96. The Morgan fingerprint density at radius 1 is 1.43 bits per heavy atom. The Morgan fingerprint density at radius 2 is 2.14 bits per heavy atom. The molecule has 0 atom stereocenters. The molecular weight excluding hydrogens is 180 g/mol. The first kappa shape index (κ1) is 10.0. The van der Waals surface area contributed by atoms with Gasteiger partial charge in [0.15, 0.2) is 5.96 Å². The van der Waals surface area contributed by atoms with Crippen LogP contribution in [0.3, 0.4) is 0 Å². The van der Waals surface area contributed by atoms with Crippen molar-refractivity contribution in [1.29, 1.82) is 0 Å². The summed E-state index contributed by atoms with van der Waals surface area (Å²) in [6, 6.07) is 6.94. The normalized spacial score (nSPS) is 9.21. The van der Waals surface area contributed by atoms with Crippen molar-refractivity contribution in [1.82, 2.24) is 0 Å². The fourth-order valence-corrected chi connectivity index (χ4v) is 1.01. The molecule has 0 saturated heterocycles. The largest absolute Gasteiger partial charge is 0.370 e. The van der Waals surface area contributed by atoms with Gasteiger partial charge in [0.2, 0.25) is 5.91 Å². The van der Waals surface area contributed by atoms with Crippen LogP contribution in [0.2, 0.25) is 0 Å². The van der Waals surface area contributed by atoms with Gasteiger partial charge in [0, 0.05) is 12.6 Å². The molecule has 1 amide bonds. The molecule has 0 saturated carbocycles. The van der Waals surface area contributed by atoms with Gasteiger partial charge >= 0.3 is 0 Å². The van der Waals surface area contributed by atoms with Gasteiger partial charge in [-0.25, -0.2) is 4.99 Å². The second-order valence-corrected chi connectivity index (χ2v) is 2.77. The first-order valence-corrected chi connectivity index (χ1v) is 4.05. The van der Waals surface area contributed by atoms with Crippen LogP contribution in [0.25, 0.3) is 0 Å². The predicted octanol–water partition coefficient (Wildman–Crippen LogP) is 0.550. The Kier molecular flexibility index (Phi) is 3.06. The molecule has 0 aliphatic heterocycles. The number of hydrogen-bond donors (Lipinski definition) is 3. The van der Waals surface area contributed by atoms with Crippen LogP contribution in [-0.2, 0) is 4.79 Å². The number of nitrogens with one attached hydrogen (secondary N) is 1. The van der Waals surface area contributed by atoms with E-state index >= 15 is 0 Å². The van der Waals surface area contributed by atoms with Crippen LogP contribution in [-0.4, -0.2) is 11.9 Å². The maximum Gasteiger partial charge on any atom is 0.221 e. The number of nitrogens with two attached hydrogens (primary N) is 2. The van der Waals surface area contributed by atoms with E-state index in [1.807, 2.05) is 0 Å². The molecule has 74 valence electrons. The number of carbonyl (C=O) groups is 1. The number of nitrogens with zero attached hydrogens (tertiary/aromatic N) is 1. The number of carbonyl (C=O) groups excluding carboxylic acids is 1. The van der Waals surface area contributed by atoms with Crippen molar-refractivity contribution in [3.05, 3.63) is 24.3 Å². The maximum absolute atomic E-state index is 10.8. The van der Waals surface area contributed by atoms with Crippen molar-refractivity contribution >= 4 is 23.2 Å². The van der Waals surface area contributed by atoms with E-state index in [-0.39, 0.29) is 11.9 Å². The predicted molar refractivity (Wildman–Crippen MR) is 56.2 cm³/mol. The molecule has 1 aromatic rings. The average molecular weight is 192 g/mol. The summed E-state index contributed by atoms with van der Waals surface area (Å²) >= 11 is 0. The minimum atomic E-state index is -0.133. The van der Waals surface area contributed by atoms with E-state index in [9.17, 15) is 4.79 Å². The third-order valence-corrected chi connectivity index (χ3v) is 1.42. The Bertz CT molecular complexity index is 369. The van der Waals surface area contributed by atoms with E-state index in [1.54, 1.807) is 24.3 Å². The second-order valence-electron chi connectivity index (χ2n) is 2.77. The van der Waals surface area contributed by atoms with Crippen LogP contribution in [0.15, 0.2) is 29.3 Å². The highest BCUT2D eigenvalue weighted by atomic mass is 16.1. The van der Waals surface area contributed by atoms with E-state index < -0.39 is 0 Å². The highest BCUT2D eigenvalue weighted by Crippen LogP contribution is 2.17. The van der Waals surface area contributed by atoms with Gasteiger partial charge in [0.05, 0.1) is 5.69 Å². The number of amides is 1. The molecular formula is C9H12N4O. The fraction of sp³-hybridized carbons (Fsp3) is 0.111. The zero-order valence-electron chi connectivity index (χ0n) is 7.82. The molecule has 14 heavy (non-hydrogen) atoms. The summed E-state index contributed by atoms with van der Waals surface area (Å²) in [4.78, 5) is 14.6. The van der Waals surface area contributed by atoms with Crippen LogP contribution in [0.1, 0.15) is 6.92 Å². The number of guanidine groups is 1. The average Bonchev–Trinajstić information content (AvgIpc) is 2.01. The van der Waals surface area contributed by atoms with Gasteiger partial charge in [0.1, 0.15) is 0 Å². The van der Waals surface area contributed by atoms with Gasteiger partial charge in [-0.3, -0.25) is 4.79 Å². The molecule has 0 spiro atoms. The van der Waals surface area contributed by atoms with Crippen molar-refractivity contribution in [3.63, 3.8) is 0 Å². The van der Waals surface area contributed by atoms with Gasteiger partial charge in [-0.2, -0.15) is 0 Å². The fourth-order valence-electron chi connectivity index (χ4n) is 1.01. The van der Waals surface area contributed by atoms with E-state index in [4.69, 9.17) is 11.5 Å². The van der Waals surface area contributed by atoms with Crippen molar-refractivity contribution in [2.24, 2.45) is 16.5 Å². The summed E-state index contributed by atoms with van der Waals surface area (Å²) in [5.41, 5.74) is 11.7. The SMILES string of the molecule is CC(=O)Nc1cccc(N=C(N)N)c1. The number of hydrogen-bond acceptors (Lipinski definition) is 2. The van der Waals surface area contributed by atoms with E-state index in [0.29, 0.717) is 11.4 Å². The van der Waals surface area contributed by atoms with Crippen LogP contribution in [0.5, 0.6) is 0 Å².